The van der Waals surface area contributed by atoms with E-state index in [4.69, 9.17) is 11.6 Å². The summed E-state index contributed by atoms with van der Waals surface area (Å²) < 4.78 is 51.6. The minimum absolute atomic E-state index is 0.0161. The van der Waals surface area contributed by atoms with Crippen LogP contribution in [0.3, 0.4) is 0 Å². The second-order valence-electron chi connectivity index (χ2n) is 4.75. The molecule has 2 aromatic heterocycles. The van der Waals surface area contributed by atoms with Crippen LogP contribution in [0.25, 0.3) is 10.9 Å². The zero-order chi connectivity index (χ0) is 16.8. The molecule has 1 aromatic carbocycles. The van der Waals surface area contributed by atoms with E-state index in [1.54, 1.807) is 0 Å². The number of carbonyl (C=O) groups excluding carboxylic acids is 1. The quantitative estimate of drug-likeness (QED) is 0.546. The number of fused-ring (bicyclic) bond motifs is 1. The van der Waals surface area contributed by atoms with Gasteiger partial charge in [-0.3, -0.25) is 4.79 Å². The topological polar surface area (TPSA) is 45.8 Å². The van der Waals surface area contributed by atoms with Crippen LogP contribution in [0.5, 0.6) is 0 Å². The Morgan fingerprint density at radius 2 is 1.96 bits per heavy atom. The lowest BCUT2D eigenvalue weighted by Crippen LogP contribution is -2.12. The Morgan fingerprint density at radius 3 is 2.65 bits per heavy atom. The fraction of sp³-hybridized carbons (Fsp3) is 0.0667. The van der Waals surface area contributed by atoms with Crippen molar-refractivity contribution in [2.45, 2.75) is 6.18 Å². The van der Waals surface area contributed by atoms with Crippen molar-refractivity contribution in [1.82, 2.24) is 9.97 Å². The first-order valence-corrected chi connectivity index (χ1v) is 6.70. The van der Waals surface area contributed by atoms with Gasteiger partial charge in [0.1, 0.15) is 17.2 Å². The smallest absolute Gasteiger partial charge is 0.360 e. The van der Waals surface area contributed by atoms with E-state index in [1.807, 2.05) is 0 Å². The maximum atomic E-state index is 13.6. The molecule has 3 aromatic rings. The van der Waals surface area contributed by atoms with Crippen LogP contribution < -0.4 is 0 Å². The largest absolute Gasteiger partial charge is 0.433 e. The molecule has 0 saturated heterocycles. The Bertz CT molecular complexity index is 917. The van der Waals surface area contributed by atoms with Crippen molar-refractivity contribution in [3.8, 4) is 0 Å². The Kier molecular flexibility index (Phi) is 3.60. The molecule has 1 N–H and O–H groups in total. The summed E-state index contributed by atoms with van der Waals surface area (Å²) >= 11 is 5.65. The fourth-order valence-corrected chi connectivity index (χ4v) is 2.33. The van der Waals surface area contributed by atoms with Crippen LogP contribution in [0.2, 0.25) is 5.02 Å². The molecule has 0 fully saturated rings. The normalized spacial score (nSPS) is 11.9. The molecule has 0 spiro atoms. The summed E-state index contributed by atoms with van der Waals surface area (Å²) in [5, 5.41) is 0.0895. The van der Waals surface area contributed by atoms with E-state index in [2.05, 4.69) is 9.97 Å². The zero-order valence-corrected chi connectivity index (χ0v) is 12.0. The summed E-state index contributed by atoms with van der Waals surface area (Å²) in [6, 6.07) is 5.38. The summed E-state index contributed by atoms with van der Waals surface area (Å²) in [4.78, 5) is 18.5. The number of benzene rings is 1. The molecule has 23 heavy (non-hydrogen) atoms. The summed E-state index contributed by atoms with van der Waals surface area (Å²) in [7, 11) is 0. The zero-order valence-electron chi connectivity index (χ0n) is 11.2. The van der Waals surface area contributed by atoms with E-state index in [0.717, 1.165) is 18.2 Å². The van der Waals surface area contributed by atoms with Gasteiger partial charge in [0.15, 0.2) is 0 Å². The first kappa shape index (κ1) is 15.5. The van der Waals surface area contributed by atoms with Gasteiger partial charge < -0.3 is 4.98 Å². The molecule has 0 aliphatic heterocycles. The molecular weight excluding hydrogens is 336 g/mol. The lowest BCUT2D eigenvalue weighted by atomic mass is 10.1. The van der Waals surface area contributed by atoms with Gasteiger partial charge in [0.25, 0.3) is 0 Å². The monoisotopic (exact) mass is 342 g/mol. The van der Waals surface area contributed by atoms with Crippen molar-refractivity contribution in [1.29, 1.82) is 0 Å². The van der Waals surface area contributed by atoms with Crippen LogP contribution in [0.1, 0.15) is 21.7 Å². The number of nitrogens with one attached hydrogen (secondary N) is 1. The van der Waals surface area contributed by atoms with E-state index in [0.29, 0.717) is 5.52 Å². The van der Waals surface area contributed by atoms with Crippen molar-refractivity contribution < 1.29 is 22.4 Å². The predicted molar refractivity (Wildman–Crippen MR) is 75.9 cm³/mol. The molecule has 8 heteroatoms. The lowest BCUT2D eigenvalue weighted by Gasteiger charge is -2.07. The van der Waals surface area contributed by atoms with Crippen LogP contribution in [-0.2, 0) is 6.18 Å². The highest BCUT2D eigenvalue weighted by atomic mass is 35.5. The van der Waals surface area contributed by atoms with Gasteiger partial charge in [0.2, 0.25) is 5.78 Å². The fourth-order valence-electron chi connectivity index (χ4n) is 2.16. The van der Waals surface area contributed by atoms with Crippen molar-refractivity contribution >= 4 is 28.3 Å². The Hall–Kier alpha value is -2.41. The Balaban J connectivity index is 2.09. The van der Waals surface area contributed by atoms with Crippen molar-refractivity contribution in [3.05, 3.63) is 64.3 Å². The Morgan fingerprint density at radius 1 is 1.22 bits per heavy atom. The van der Waals surface area contributed by atoms with Crippen LogP contribution in [-0.4, -0.2) is 15.8 Å². The third kappa shape index (κ3) is 2.79. The molecule has 0 amide bonds. The lowest BCUT2D eigenvalue weighted by molar-refractivity contribution is -0.141. The SMILES string of the molecule is O=C(c1cccc(C(F)(F)F)n1)c1c[nH]c2cc(Cl)c(F)cc12. The first-order valence-electron chi connectivity index (χ1n) is 6.32. The highest BCUT2D eigenvalue weighted by molar-refractivity contribution is 6.31. The molecular formula is C15H7ClF4N2O. The third-order valence-corrected chi connectivity index (χ3v) is 3.53. The van der Waals surface area contributed by atoms with Gasteiger partial charge in [-0.25, -0.2) is 9.37 Å². The number of H-pyrrole nitrogens is 1. The second kappa shape index (κ2) is 5.34. The number of aromatic nitrogens is 2. The number of halogens is 5. The van der Waals surface area contributed by atoms with Gasteiger partial charge in [0.05, 0.1) is 5.02 Å². The highest BCUT2D eigenvalue weighted by Crippen LogP contribution is 2.29. The van der Waals surface area contributed by atoms with Crippen molar-refractivity contribution in [2.75, 3.05) is 0 Å². The number of rotatable bonds is 2. The standard InChI is InChI=1S/C15H7ClF4N2O/c16-9-5-12-7(4-10(9)17)8(6-21-12)14(23)11-2-1-3-13(22-11)15(18,19)20/h1-6,21H. The van der Waals surface area contributed by atoms with Crippen molar-refractivity contribution in [3.63, 3.8) is 0 Å². The molecule has 0 aliphatic rings. The summed E-state index contributed by atoms with van der Waals surface area (Å²) in [6.07, 6.45) is -3.37. The molecule has 0 saturated carbocycles. The van der Waals surface area contributed by atoms with E-state index in [1.165, 1.54) is 18.3 Å². The molecule has 0 atom stereocenters. The number of pyridine rings is 1. The third-order valence-electron chi connectivity index (χ3n) is 3.24. The summed E-state index contributed by atoms with van der Waals surface area (Å²) in [5.74, 6) is -1.48. The average Bonchev–Trinajstić information content (AvgIpc) is 2.89. The molecule has 3 rings (SSSR count). The van der Waals surface area contributed by atoms with Crippen molar-refractivity contribution in [2.24, 2.45) is 0 Å². The number of hydrogen-bond acceptors (Lipinski definition) is 2. The van der Waals surface area contributed by atoms with Gasteiger partial charge in [-0.15, -0.1) is 0 Å². The van der Waals surface area contributed by atoms with Crippen LogP contribution >= 0.6 is 11.6 Å². The number of ketones is 1. The number of carbonyl (C=O) groups is 1. The minimum Gasteiger partial charge on any atom is -0.360 e. The molecule has 118 valence electrons. The minimum atomic E-state index is -4.66. The van der Waals surface area contributed by atoms with Crippen LogP contribution in [0, 0.1) is 5.82 Å². The van der Waals surface area contributed by atoms with E-state index < -0.39 is 23.5 Å². The van der Waals surface area contributed by atoms with E-state index in [-0.39, 0.29) is 21.7 Å². The van der Waals surface area contributed by atoms with Gasteiger partial charge in [-0.1, -0.05) is 17.7 Å². The molecule has 3 nitrogen and oxygen atoms in total. The Labute approximate surface area is 131 Å². The van der Waals surface area contributed by atoms with Gasteiger partial charge >= 0.3 is 6.18 Å². The highest BCUT2D eigenvalue weighted by Gasteiger charge is 2.33. The second-order valence-corrected chi connectivity index (χ2v) is 5.16. The first-order chi connectivity index (χ1) is 10.8. The summed E-state index contributed by atoms with van der Waals surface area (Å²) in [6.45, 7) is 0. The number of aromatic amines is 1. The van der Waals surface area contributed by atoms with Crippen LogP contribution in [0.15, 0.2) is 36.5 Å². The molecule has 2 heterocycles. The summed E-state index contributed by atoms with van der Waals surface area (Å²) in [5.41, 5.74) is -1.14. The molecule has 0 aliphatic carbocycles. The number of alkyl halides is 3. The molecule has 0 bridgehead atoms. The van der Waals surface area contributed by atoms with Crippen LogP contribution in [0.4, 0.5) is 17.6 Å². The maximum absolute atomic E-state index is 13.6. The van der Waals surface area contributed by atoms with Gasteiger partial charge in [-0.2, -0.15) is 13.2 Å². The number of nitrogens with zero attached hydrogens (tertiary/aromatic N) is 1. The van der Waals surface area contributed by atoms with Gasteiger partial charge in [0, 0.05) is 22.7 Å². The predicted octanol–water partition coefficient (Wildman–Crippen LogP) is 4.61. The number of hydrogen-bond donors (Lipinski definition) is 1. The van der Waals surface area contributed by atoms with E-state index in [9.17, 15) is 22.4 Å². The maximum Gasteiger partial charge on any atom is 0.433 e. The van der Waals surface area contributed by atoms with Gasteiger partial charge in [-0.05, 0) is 24.3 Å². The molecule has 0 radical (unpaired) electrons. The molecule has 0 unspecified atom stereocenters. The van der Waals surface area contributed by atoms with E-state index >= 15 is 0 Å². The average molecular weight is 343 g/mol.